The highest BCUT2D eigenvalue weighted by Crippen LogP contribution is 2.42. The van der Waals surface area contributed by atoms with Crippen LogP contribution in [0, 0.1) is 0 Å². The van der Waals surface area contributed by atoms with E-state index in [4.69, 9.17) is 5.11 Å². The number of aliphatic hydroxyl groups is 1. The average molecular weight is 460 g/mol. The molecule has 1 aliphatic rings. The van der Waals surface area contributed by atoms with Crippen LogP contribution >= 0.6 is 12.4 Å². The van der Waals surface area contributed by atoms with Gasteiger partial charge in [0.25, 0.3) is 0 Å². The van der Waals surface area contributed by atoms with E-state index in [1.165, 1.54) is 78.8 Å². The molecule has 32 heavy (non-hydrogen) atoms. The number of nitrogens with zero attached hydrogens (tertiary/aromatic N) is 3. The Hall–Kier alpha value is -1.91. The SMILES string of the molecule is CN(C)c1ccc2c(c1)N(CCCCCCCCCCO)c1cc(N(C)C)ccc1C2.Cl. The maximum atomic E-state index is 8.89. The summed E-state index contributed by atoms with van der Waals surface area (Å²) in [5, 5.41) is 8.89. The molecular formula is C27H42ClN3O. The molecule has 0 spiro atoms. The van der Waals surface area contributed by atoms with Crippen LogP contribution in [0.15, 0.2) is 36.4 Å². The maximum absolute atomic E-state index is 8.89. The molecule has 2 aromatic carbocycles. The lowest BCUT2D eigenvalue weighted by molar-refractivity contribution is 0.282. The minimum absolute atomic E-state index is 0. The van der Waals surface area contributed by atoms with Crippen molar-refractivity contribution in [1.29, 1.82) is 0 Å². The van der Waals surface area contributed by atoms with Gasteiger partial charge in [-0.3, -0.25) is 0 Å². The molecular weight excluding hydrogens is 418 g/mol. The van der Waals surface area contributed by atoms with Crippen molar-refractivity contribution in [2.24, 2.45) is 0 Å². The molecule has 0 saturated heterocycles. The van der Waals surface area contributed by atoms with Crippen molar-refractivity contribution in [3.63, 3.8) is 0 Å². The van der Waals surface area contributed by atoms with Crippen molar-refractivity contribution in [3.8, 4) is 0 Å². The monoisotopic (exact) mass is 459 g/mol. The van der Waals surface area contributed by atoms with Crippen LogP contribution in [0.1, 0.15) is 62.5 Å². The summed E-state index contributed by atoms with van der Waals surface area (Å²) in [6.07, 6.45) is 10.8. The van der Waals surface area contributed by atoms with Crippen molar-refractivity contribution in [2.45, 2.75) is 57.8 Å². The molecule has 0 fully saturated rings. The number of unbranched alkanes of at least 4 members (excludes halogenated alkanes) is 7. The molecule has 1 aliphatic heterocycles. The summed E-state index contributed by atoms with van der Waals surface area (Å²) < 4.78 is 0. The van der Waals surface area contributed by atoms with E-state index in [1.807, 2.05) is 0 Å². The number of anilines is 4. The molecule has 0 bridgehead atoms. The third-order valence-corrected chi connectivity index (χ3v) is 6.42. The van der Waals surface area contributed by atoms with Crippen LogP contribution in [0.25, 0.3) is 0 Å². The van der Waals surface area contributed by atoms with Gasteiger partial charge in [-0.2, -0.15) is 0 Å². The standard InChI is InChI=1S/C27H41N3O.ClH/c1-28(2)24-15-13-22-19-23-14-16-25(29(3)4)21-27(23)30(26(22)20-24)17-11-9-7-5-6-8-10-12-18-31;/h13-16,20-21,31H,5-12,17-19H2,1-4H3;1H. The van der Waals surface area contributed by atoms with E-state index in [9.17, 15) is 0 Å². The first-order valence-corrected chi connectivity index (χ1v) is 12.0. The van der Waals surface area contributed by atoms with Crippen molar-refractivity contribution < 1.29 is 5.11 Å². The molecule has 178 valence electrons. The Bertz CT molecular complexity index is 780. The fraction of sp³-hybridized carbons (Fsp3) is 0.556. The highest BCUT2D eigenvalue weighted by molar-refractivity contribution is 5.85. The minimum Gasteiger partial charge on any atom is -0.396 e. The smallest absolute Gasteiger partial charge is 0.0467 e. The van der Waals surface area contributed by atoms with Crippen LogP contribution in [-0.4, -0.2) is 46.4 Å². The van der Waals surface area contributed by atoms with E-state index in [2.05, 4.69) is 79.3 Å². The van der Waals surface area contributed by atoms with Gasteiger partial charge in [0.2, 0.25) is 0 Å². The van der Waals surface area contributed by atoms with E-state index < -0.39 is 0 Å². The Morgan fingerprint density at radius 3 is 1.56 bits per heavy atom. The number of halogens is 1. The van der Waals surface area contributed by atoms with Gasteiger partial charge in [-0.05, 0) is 48.2 Å². The van der Waals surface area contributed by atoms with E-state index in [-0.39, 0.29) is 12.4 Å². The van der Waals surface area contributed by atoms with Gasteiger partial charge < -0.3 is 19.8 Å². The van der Waals surface area contributed by atoms with Gasteiger partial charge in [-0.15, -0.1) is 12.4 Å². The van der Waals surface area contributed by atoms with Gasteiger partial charge in [0, 0.05) is 70.5 Å². The Kier molecular flexibility index (Phi) is 10.7. The molecule has 5 heteroatoms. The molecule has 2 aromatic rings. The minimum atomic E-state index is 0. The number of fused-ring (bicyclic) bond motifs is 2. The normalized spacial score (nSPS) is 12.1. The first kappa shape index (κ1) is 26.3. The Morgan fingerprint density at radius 2 is 1.12 bits per heavy atom. The first-order valence-electron chi connectivity index (χ1n) is 12.0. The highest BCUT2D eigenvalue weighted by atomic mass is 35.5. The quantitative estimate of drug-likeness (QED) is 0.372. The van der Waals surface area contributed by atoms with Crippen LogP contribution < -0.4 is 14.7 Å². The molecule has 4 nitrogen and oxygen atoms in total. The molecule has 0 radical (unpaired) electrons. The predicted molar refractivity (Wildman–Crippen MR) is 143 cm³/mol. The summed E-state index contributed by atoms with van der Waals surface area (Å²) in [6.45, 7) is 1.40. The van der Waals surface area contributed by atoms with Gasteiger partial charge in [0.1, 0.15) is 0 Å². The second-order valence-electron chi connectivity index (χ2n) is 9.30. The molecule has 1 heterocycles. The van der Waals surface area contributed by atoms with Gasteiger partial charge in [0.15, 0.2) is 0 Å². The summed E-state index contributed by atoms with van der Waals surface area (Å²) in [7, 11) is 8.47. The highest BCUT2D eigenvalue weighted by Gasteiger charge is 2.23. The van der Waals surface area contributed by atoms with Crippen molar-refractivity contribution in [3.05, 3.63) is 47.5 Å². The van der Waals surface area contributed by atoms with Crippen molar-refractivity contribution >= 4 is 35.2 Å². The molecule has 0 amide bonds. The number of hydrogen-bond donors (Lipinski definition) is 1. The summed E-state index contributed by atoms with van der Waals surface area (Å²) in [5.41, 5.74) is 8.13. The lowest BCUT2D eigenvalue weighted by atomic mass is 9.94. The Morgan fingerprint density at radius 1 is 0.688 bits per heavy atom. The summed E-state index contributed by atoms with van der Waals surface area (Å²) in [4.78, 5) is 6.96. The second-order valence-corrected chi connectivity index (χ2v) is 9.30. The zero-order chi connectivity index (χ0) is 22.2. The Balaban J connectivity index is 0.00000363. The molecule has 0 aromatic heterocycles. The summed E-state index contributed by atoms with van der Waals surface area (Å²) >= 11 is 0. The number of hydrogen-bond acceptors (Lipinski definition) is 4. The topological polar surface area (TPSA) is 30.0 Å². The molecule has 3 rings (SSSR count). The summed E-state index contributed by atoms with van der Waals surface area (Å²) in [5.74, 6) is 0. The third kappa shape index (κ3) is 6.79. The molecule has 0 atom stereocenters. The predicted octanol–water partition coefficient (Wildman–Crippen LogP) is 6.40. The number of benzene rings is 2. The lowest BCUT2D eigenvalue weighted by Gasteiger charge is -2.35. The fourth-order valence-corrected chi connectivity index (χ4v) is 4.48. The average Bonchev–Trinajstić information content (AvgIpc) is 2.76. The zero-order valence-corrected chi connectivity index (χ0v) is 21.3. The number of aliphatic hydroxyl groups excluding tert-OH is 1. The van der Waals surface area contributed by atoms with Crippen molar-refractivity contribution in [2.75, 3.05) is 56.0 Å². The van der Waals surface area contributed by atoms with Gasteiger partial charge in [-0.1, -0.05) is 50.7 Å². The van der Waals surface area contributed by atoms with Crippen LogP contribution in [0.2, 0.25) is 0 Å². The Labute approximate surface area is 201 Å². The number of rotatable bonds is 12. The van der Waals surface area contributed by atoms with Gasteiger partial charge in [0.05, 0.1) is 0 Å². The third-order valence-electron chi connectivity index (χ3n) is 6.42. The molecule has 0 aliphatic carbocycles. The van der Waals surface area contributed by atoms with Crippen molar-refractivity contribution in [1.82, 2.24) is 0 Å². The summed E-state index contributed by atoms with van der Waals surface area (Å²) in [6, 6.07) is 13.8. The molecule has 0 unspecified atom stereocenters. The van der Waals surface area contributed by atoms with Crippen LogP contribution in [-0.2, 0) is 6.42 Å². The van der Waals surface area contributed by atoms with E-state index in [0.717, 1.165) is 19.4 Å². The zero-order valence-electron chi connectivity index (χ0n) is 20.4. The second kappa shape index (κ2) is 13.0. The van der Waals surface area contributed by atoms with Gasteiger partial charge in [-0.25, -0.2) is 0 Å². The van der Waals surface area contributed by atoms with E-state index >= 15 is 0 Å². The van der Waals surface area contributed by atoms with E-state index in [1.54, 1.807) is 0 Å². The van der Waals surface area contributed by atoms with Crippen LogP contribution in [0.4, 0.5) is 22.7 Å². The van der Waals surface area contributed by atoms with Crippen LogP contribution in [0.5, 0.6) is 0 Å². The first-order chi connectivity index (χ1) is 15.0. The van der Waals surface area contributed by atoms with E-state index in [0.29, 0.717) is 6.61 Å². The van der Waals surface area contributed by atoms with Crippen LogP contribution in [0.3, 0.4) is 0 Å². The lowest BCUT2D eigenvalue weighted by Crippen LogP contribution is -2.25. The van der Waals surface area contributed by atoms with Gasteiger partial charge >= 0.3 is 0 Å². The molecule has 0 saturated carbocycles. The maximum Gasteiger partial charge on any atom is 0.0467 e. The molecule has 1 N–H and O–H groups in total. The fourth-order valence-electron chi connectivity index (χ4n) is 4.48. The largest absolute Gasteiger partial charge is 0.396 e.